The molecule has 96 valence electrons. The van der Waals surface area contributed by atoms with Crippen LogP contribution < -0.4 is 4.90 Å². The zero-order valence-electron chi connectivity index (χ0n) is 10.5. The average Bonchev–Trinajstić information content (AvgIpc) is 2.46. The number of rotatable bonds is 2. The Morgan fingerprint density at radius 3 is 2.47 bits per heavy atom. The summed E-state index contributed by atoms with van der Waals surface area (Å²) < 4.78 is 0. The Morgan fingerprint density at radius 2 is 1.74 bits per heavy atom. The SMILES string of the molecule is O=C(O)C1c2ccccc2CCN1c1ccccc1. The molecule has 0 saturated heterocycles. The van der Waals surface area contributed by atoms with Crippen molar-refractivity contribution in [3.8, 4) is 0 Å². The Kier molecular flexibility index (Phi) is 2.95. The van der Waals surface area contributed by atoms with Crippen LogP contribution in [0.15, 0.2) is 54.6 Å². The van der Waals surface area contributed by atoms with E-state index in [9.17, 15) is 9.90 Å². The molecule has 3 rings (SSSR count). The molecule has 0 spiro atoms. The van der Waals surface area contributed by atoms with E-state index in [1.165, 1.54) is 0 Å². The maximum absolute atomic E-state index is 11.7. The molecule has 0 radical (unpaired) electrons. The van der Waals surface area contributed by atoms with E-state index >= 15 is 0 Å². The summed E-state index contributed by atoms with van der Waals surface area (Å²) in [6.45, 7) is 0.734. The molecular formula is C16H15NO2. The molecule has 1 N–H and O–H groups in total. The fourth-order valence-electron chi connectivity index (χ4n) is 2.73. The van der Waals surface area contributed by atoms with E-state index in [0.29, 0.717) is 0 Å². The maximum Gasteiger partial charge on any atom is 0.331 e. The van der Waals surface area contributed by atoms with Crippen molar-refractivity contribution in [2.24, 2.45) is 0 Å². The van der Waals surface area contributed by atoms with Crippen LogP contribution in [0.5, 0.6) is 0 Å². The summed E-state index contributed by atoms with van der Waals surface area (Å²) in [6.07, 6.45) is 0.884. The minimum absolute atomic E-state index is 0.590. The number of carbonyl (C=O) groups is 1. The zero-order chi connectivity index (χ0) is 13.2. The minimum Gasteiger partial charge on any atom is -0.479 e. The number of fused-ring (bicyclic) bond motifs is 1. The largest absolute Gasteiger partial charge is 0.479 e. The smallest absolute Gasteiger partial charge is 0.331 e. The lowest BCUT2D eigenvalue weighted by Crippen LogP contribution is -2.39. The second-order valence-corrected chi connectivity index (χ2v) is 4.72. The normalized spacial score (nSPS) is 17.9. The van der Waals surface area contributed by atoms with Crippen LogP contribution in [0, 0.1) is 0 Å². The van der Waals surface area contributed by atoms with E-state index in [-0.39, 0.29) is 0 Å². The molecule has 1 unspecified atom stereocenters. The molecule has 0 aromatic heterocycles. The van der Waals surface area contributed by atoms with Gasteiger partial charge < -0.3 is 10.0 Å². The van der Waals surface area contributed by atoms with Crippen LogP contribution in [-0.4, -0.2) is 17.6 Å². The Labute approximate surface area is 112 Å². The summed E-state index contributed by atoms with van der Waals surface area (Å²) in [7, 11) is 0. The van der Waals surface area contributed by atoms with E-state index in [0.717, 1.165) is 29.8 Å². The number of carboxylic acid groups (broad SMARTS) is 1. The molecule has 0 saturated carbocycles. The third-order valence-electron chi connectivity index (χ3n) is 3.61. The van der Waals surface area contributed by atoms with Crippen molar-refractivity contribution in [3.63, 3.8) is 0 Å². The van der Waals surface area contributed by atoms with Gasteiger partial charge in [-0.25, -0.2) is 4.79 Å². The summed E-state index contributed by atoms with van der Waals surface area (Å²) in [5, 5.41) is 9.58. The van der Waals surface area contributed by atoms with Gasteiger partial charge in [0.15, 0.2) is 6.04 Å². The molecule has 1 aliphatic rings. The van der Waals surface area contributed by atoms with Crippen LogP contribution >= 0.6 is 0 Å². The molecule has 0 aliphatic carbocycles. The van der Waals surface area contributed by atoms with Gasteiger partial charge in [-0.05, 0) is 29.7 Å². The second kappa shape index (κ2) is 4.76. The second-order valence-electron chi connectivity index (χ2n) is 4.72. The fraction of sp³-hybridized carbons (Fsp3) is 0.188. The van der Waals surface area contributed by atoms with Gasteiger partial charge in [-0.2, -0.15) is 0 Å². The van der Waals surface area contributed by atoms with Crippen molar-refractivity contribution in [1.29, 1.82) is 0 Å². The molecule has 0 amide bonds. The minimum atomic E-state index is -0.795. The number of hydrogen-bond acceptors (Lipinski definition) is 2. The molecule has 0 bridgehead atoms. The van der Waals surface area contributed by atoms with E-state index in [4.69, 9.17) is 0 Å². The van der Waals surface area contributed by atoms with Gasteiger partial charge >= 0.3 is 5.97 Å². The highest BCUT2D eigenvalue weighted by atomic mass is 16.4. The van der Waals surface area contributed by atoms with Crippen molar-refractivity contribution in [2.45, 2.75) is 12.5 Å². The lowest BCUT2D eigenvalue weighted by Gasteiger charge is -2.36. The van der Waals surface area contributed by atoms with Gasteiger partial charge in [-0.3, -0.25) is 0 Å². The summed E-state index contributed by atoms with van der Waals surface area (Å²) >= 11 is 0. The van der Waals surface area contributed by atoms with E-state index in [2.05, 4.69) is 0 Å². The molecular weight excluding hydrogens is 238 g/mol. The number of hydrogen-bond donors (Lipinski definition) is 1. The number of aliphatic carboxylic acids is 1. The molecule has 1 atom stereocenters. The quantitative estimate of drug-likeness (QED) is 0.894. The Morgan fingerprint density at radius 1 is 1.05 bits per heavy atom. The van der Waals surface area contributed by atoms with Gasteiger partial charge in [0.25, 0.3) is 0 Å². The maximum atomic E-state index is 11.7. The van der Waals surface area contributed by atoms with Crippen LogP contribution in [0.3, 0.4) is 0 Å². The van der Waals surface area contributed by atoms with Crippen molar-refractivity contribution < 1.29 is 9.90 Å². The Hall–Kier alpha value is -2.29. The summed E-state index contributed by atoms with van der Waals surface area (Å²) in [5.41, 5.74) is 3.01. The molecule has 2 aromatic rings. The first-order valence-corrected chi connectivity index (χ1v) is 6.39. The predicted molar refractivity (Wildman–Crippen MR) is 74.3 cm³/mol. The number of anilines is 1. The third-order valence-corrected chi connectivity index (χ3v) is 3.61. The van der Waals surface area contributed by atoms with Crippen LogP contribution in [0.4, 0.5) is 5.69 Å². The van der Waals surface area contributed by atoms with Crippen LogP contribution in [0.1, 0.15) is 17.2 Å². The first-order valence-electron chi connectivity index (χ1n) is 6.39. The third kappa shape index (κ3) is 2.08. The van der Waals surface area contributed by atoms with Crippen LogP contribution in [0.25, 0.3) is 0 Å². The highest BCUT2D eigenvalue weighted by molar-refractivity contribution is 5.81. The Bertz CT molecular complexity index is 595. The van der Waals surface area contributed by atoms with E-state index in [1.807, 2.05) is 59.5 Å². The monoisotopic (exact) mass is 253 g/mol. The van der Waals surface area contributed by atoms with Gasteiger partial charge in [-0.15, -0.1) is 0 Å². The van der Waals surface area contributed by atoms with E-state index < -0.39 is 12.0 Å². The predicted octanol–water partition coefficient (Wildman–Crippen LogP) is 2.88. The van der Waals surface area contributed by atoms with Gasteiger partial charge in [-0.1, -0.05) is 42.5 Å². The van der Waals surface area contributed by atoms with Gasteiger partial charge in [0.2, 0.25) is 0 Å². The summed E-state index contributed by atoms with van der Waals surface area (Å²) in [4.78, 5) is 13.6. The highest BCUT2D eigenvalue weighted by Gasteiger charge is 2.32. The number of carboxylic acids is 1. The van der Waals surface area contributed by atoms with Crippen LogP contribution in [-0.2, 0) is 11.2 Å². The number of para-hydroxylation sites is 1. The number of nitrogens with zero attached hydrogens (tertiary/aromatic N) is 1. The summed E-state index contributed by atoms with van der Waals surface area (Å²) in [6, 6.07) is 17.0. The highest BCUT2D eigenvalue weighted by Crippen LogP contribution is 2.33. The zero-order valence-corrected chi connectivity index (χ0v) is 10.5. The molecule has 0 fully saturated rings. The number of benzene rings is 2. The Balaban J connectivity index is 2.06. The topological polar surface area (TPSA) is 40.5 Å². The summed E-state index contributed by atoms with van der Waals surface area (Å²) in [5.74, 6) is -0.795. The van der Waals surface area contributed by atoms with Crippen molar-refractivity contribution >= 4 is 11.7 Å². The molecule has 1 aliphatic heterocycles. The molecule has 3 nitrogen and oxygen atoms in total. The van der Waals surface area contributed by atoms with Crippen molar-refractivity contribution in [3.05, 3.63) is 65.7 Å². The van der Waals surface area contributed by atoms with E-state index in [1.54, 1.807) is 0 Å². The standard InChI is InChI=1S/C16H15NO2/c18-16(19)15-14-9-5-4-6-12(14)10-11-17(15)13-7-2-1-3-8-13/h1-9,15H,10-11H2,(H,18,19). The van der Waals surface area contributed by atoms with Gasteiger partial charge in [0.1, 0.15) is 0 Å². The van der Waals surface area contributed by atoms with Crippen molar-refractivity contribution in [2.75, 3.05) is 11.4 Å². The van der Waals surface area contributed by atoms with Gasteiger partial charge in [0, 0.05) is 12.2 Å². The van der Waals surface area contributed by atoms with Gasteiger partial charge in [0.05, 0.1) is 0 Å². The molecule has 19 heavy (non-hydrogen) atoms. The lowest BCUT2D eigenvalue weighted by molar-refractivity contribution is -0.138. The van der Waals surface area contributed by atoms with Crippen molar-refractivity contribution in [1.82, 2.24) is 0 Å². The first-order chi connectivity index (χ1) is 9.27. The molecule has 2 aromatic carbocycles. The molecule has 3 heteroatoms. The average molecular weight is 253 g/mol. The lowest BCUT2D eigenvalue weighted by atomic mass is 9.92. The van der Waals surface area contributed by atoms with Crippen LogP contribution in [0.2, 0.25) is 0 Å². The fourth-order valence-corrected chi connectivity index (χ4v) is 2.73. The molecule has 1 heterocycles. The first kappa shape index (κ1) is 11.8.